The topological polar surface area (TPSA) is 125 Å². The number of pyridine rings is 4. The second-order valence-electron chi connectivity index (χ2n) is 10.5. The minimum absolute atomic E-state index is 0.0402. The molecule has 6 rings (SSSR count). The Kier molecular flexibility index (Phi) is 5.68. The van der Waals surface area contributed by atoms with Gasteiger partial charge in [-0.05, 0) is 41.3 Å². The maximum absolute atomic E-state index is 12.4. The second-order valence-corrected chi connectivity index (χ2v) is 10.5. The van der Waals surface area contributed by atoms with Crippen molar-refractivity contribution in [3.8, 4) is 33.6 Å². The summed E-state index contributed by atoms with van der Waals surface area (Å²) in [6.07, 6.45) is 12.8. The lowest BCUT2D eigenvalue weighted by molar-refractivity contribution is -0.117. The smallest absolute Gasteiger partial charge is 0.224 e. The number of anilines is 1. The number of carbonyl (C=O) groups is 1. The first-order chi connectivity index (χ1) is 18.3. The van der Waals surface area contributed by atoms with Gasteiger partial charge in [-0.2, -0.15) is 5.10 Å². The zero-order valence-corrected chi connectivity index (χ0v) is 21.3. The number of H-pyrrole nitrogens is 2. The molecule has 0 saturated carbocycles. The Morgan fingerprint density at radius 1 is 0.868 bits per heavy atom. The fourth-order valence-electron chi connectivity index (χ4n) is 4.56. The van der Waals surface area contributed by atoms with Crippen molar-refractivity contribution in [2.45, 2.75) is 27.2 Å². The Morgan fingerprint density at radius 2 is 1.66 bits per heavy atom. The van der Waals surface area contributed by atoms with Gasteiger partial charge in [-0.15, -0.1) is 0 Å². The van der Waals surface area contributed by atoms with Crippen molar-refractivity contribution in [3.05, 3.63) is 73.7 Å². The van der Waals surface area contributed by atoms with E-state index in [2.05, 4.69) is 46.5 Å². The van der Waals surface area contributed by atoms with E-state index in [0.29, 0.717) is 17.8 Å². The highest BCUT2D eigenvalue weighted by molar-refractivity contribution is 6.00. The number of aromatic amines is 2. The third-order valence-corrected chi connectivity index (χ3v) is 6.26. The van der Waals surface area contributed by atoms with E-state index < -0.39 is 0 Å². The van der Waals surface area contributed by atoms with Crippen LogP contribution in [0.3, 0.4) is 0 Å². The van der Waals surface area contributed by atoms with Crippen LogP contribution in [0.25, 0.3) is 55.6 Å². The Morgan fingerprint density at radius 3 is 2.47 bits per heavy atom. The number of nitrogens with zero attached hydrogens (tertiary/aromatic N) is 5. The molecule has 0 saturated heterocycles. The van der Waals surface area contributed by atoms with Crippen LogP contribution >= 0.6 is 0 Å². The first-order valence-corrected chi connectivity index (χ1v) is 12.3. The third kappa shape index (κ3) is 4.61. The molecule has 188 valence electrons. The van der Waals surface area contributed by atoms with Crippen LogP contribution in [0.2, 0.25) is 0 Å². The van der Waals surface area contributed by atoms with E-state index in [-0.39, 0.29) is 11.3 Å². The summed E-state index contributed by atoms with van der Waals surface area (Å²) in [5.41, 5.74) is 7.57. The molecule has 6 aromatic rings. The molecule has 1 amide bonds. The molecule has 0 spiro atoms. The van der Waals surface area contributed by atoms with Gasteiger partial charge in [0.15, 0.2) is 5.65 Å². The van der Waals surface area contributed by atoms with Gasteiger partial charge in [-0.25, -0.2) is 4.98 Å². The van der Waals surface area contributed by atoms with Crippen LogP contribution in [0.4, 0.5) is 5.69 Å². The number of hydrogen-bond acceptors (Lipinski definition) is 6. The van der Waals surface area contributed by atoms with Crippen molar-refractivity contribution >= 4 is 33.5 Å². The van der Waals surface area contributed by atoms with Gasteiger partial charge in [0.2, 0.25) is 5.91 Å². The summed E-state index contributed by atoms with van der Waals surface area (Å²) in [6, 6.07) is 9.98. The average molecular weight is 503 g/mol. The Hall–Kier alpha value is -4.92. The summed E-state index contributed by atoms with van der Waals surface area (Å²) >= 11 is 0. The van der Waals surface area contributed by atoms with E-state index in [1.165, 1.54) is 0 Å². The fourth-order valence-corrected chi connectivity index (χ4v) is 4.56. The monoisotopic (exact) mass is 502 g/mol. The average Bonchev–Trinajstić information content (AvgIpc) is 3.51. The Balaban J connectivity index is 1.36. The van der Waals surface area contributed by atoms with Gasteiger partial charge < -0.3 is 10.3 Å². The lowest BCUT2D eigenvalue weighted by Crippen LogP contribution is -2.19. The second kappa shape index (κ2) is 9.19. The molecule has 6 aromatic heterocycles. The summed E-state index contributed by atoms with van der Waals surface area (Å²) in [6.45, 7) is 6.11. The van der Waals surface area contributed by atoms with E-state index in [1.54, 1.807) is 31.0 Å². The van der Waals surface area contributed by atoms with E-state index in [9.17, 15) is 4.79 Å². The minimum Gasteiger partial charge on any atom is -0.352 e. The molecule has 0 atom stereocenters. The van der Waals surface area contributed by atoms with Crippen LogP contribution in [0.5, 0.6) is 0 Å². The van der Waals surface area contributed by atoms with Gasteiger partial charge in [-0.1, -0.05) is 20.8 Å². The predicted octanol–water partition coefficient (Wildman–Crippen LogP) is 6.00. The molecular weight excluding hydrogens is 476 g/mol. The number of fused-ring (bicyclic) bond motifs is 2. The van der Waals surface area contributed by atoms with Crippen molar-refractivity contribution in [3.63, 3.8) is 0 Å². The summed E-state index contributed by atoms with van der Waals surface area (Å²) in [5.74, 6) is -0.0402. The molecule has 0 aliphatic carbocycles. The number of amides is 1. The van der Waals surface area contributed by atoms with Gasteiger partial charge in [0, 0.05) is 64.9 Å². The number of hydrogen-bond donors (Lipinski definition) is 3. The van der Waals surface area contributed by atoms with Crippen LogP contribution in [-0.2, 0) is 4.79 Å². The number of carbonyl (C=O) groups excluding carboxylic acids is 1. The molecule has 0 aliphatic rings. The van der Waals surface area contributed by atoms with Crippen molar-refractivity contribution in [1.82, 2.24) is 35.1 Å². The lowest BCUT2D eigenvalue weighted by atomic mass is 9.92. The quantitative estimate of drug-likeness (QED) is 0.265. The van der Waals surface area contributed by atoms with Crippen LogP contribution in [0.15, 0.2) is 73.7 Å². The Bertz CT molecular complexity index is 1780. The van der Waals surface area contributed by atoms with Crippen LogP contribution < -0.4 is 5.32 Å². The van der Waals surface area contributed by atoms with E-state index in [0.717, 1.165) is 49.9 Å². The highest BCUT2D eigenvalue weighted by Gasteiger charge is 2.17. The maximum Gasteiger partial charge on any atom is 0.224 e. The van der Waals surface area contributed by atoms with E-state index in [1.807, 2.05) is 57.4 Å². The molecule has 6 heterocycles. The molecular formula is C29H26N8O. The fraction of sp³-hybridized carbons (Fsp3) is 0.172. The normalized spacial score (nSPS) is 11.8. The molecule has 0 unspecified atom stereocenters. The lowest BCUT2D eigenvalue weighted by Gasteiger charge is -2.17. The highest BCUT2D eigenvalue weighted by Crippen LogP contribution is 2.34. The first-order valence-electron chi connectivity index (χ1n) is 12.3. The molecule has 0 bridgehead atoms. The van der Waals surface area contributed by atoms with E-state index >= 15 is 0 Å². The van der Waals surface area contributed by atoms with Gasteiger partial charge in [0.1, 0.15) is 0 Å². The summed E-state index contributed by atoms with van der Waals surface area (Å²) in [4.78, 5) is 33.4. The molecule has 38 heavy (non-hydrogen) atoms. The molecule has 0 aromatic carbocycles. The van der Waals surface area contributed by atoms with E-state index in [4.69, 9.17) is 0 Å². The summed E-state index contributed by atoms with van der Waals surface area (Å²) in [5, 5.41) is 12.4. The van der Waals surface area contributed by atoms with Crippen molar-refractivity contribution < 1.29 is 4.79 Å². The number of rotatable bonds is 5. The molecule has 0 aliphatic heterocycles. The van der Waals surface area contributed by atoms with Crippen LogP contribution in [-0.4, -0.2) is 41.0 Å². The number of nitrogens with one attached hydrogen (secondary N) is 3. The van der Waals surface area contributed by atoms with Gasteiger partial charge in [0.05, 0.1) is 35.0 Å². The predicted molar refractivity (Wildman–Crippen MR) is 148 cm³/mol. The standard InChI is InChI=1S/C29H26N8O/c1-29(2,3)11-26(38)34-20-8-18(12-31-14-20)19-9-22-27(36-37-28(22)33-13-19)24-10-21-23(15-32-16-25(21)35-24)17-4-6-30-7-5-17/h4-10,12-16,35H,11H2,1-3H3,(H,34,38)(H,33,36,37). The summed E-state index contributed by atoms with van der Waals surface area (Å²) in [7, 11) is 0. The molecule has 9 nitrogen and oxygen atoms in total. The first kappa shape index (κ1) is 23.5. The maximum atomic E-state index is 12.4. The highest BCUT2D eigenvalue weighted by atomic mass is 16.1. The Labute approximate surface area is 218 Å². The van der Waals surface area contributed by atoms with Gasteiger partial charge >= 0.3 is 0 Å². The van der Waals surface area contributed by atoms with Crippen molar-refractivity contribution in [2.75, 3.05) is 5.32 Å². The van der Waals surface area contributed by atoms with Crippen molar-refractivity contribution in [2.24, 2.45) is 5.41 Å². The molecule has 0 radical (unpaired) electrons. The van der Waals surface area contributed by atoms with Gasteiger partial charge in [0.25, 0.3) is 0 Å². The van der Waals surface area contributed by atoms with Gasteiger partial charge in [-0.3, -0.25) is 24.8 Å². The minimum atomic E-state index is -0.0977. The number of aromatic nitrogens is 7. The third-order valence-electron chi connectivity index (χ3n) is 6.26. The van der Waals surface area contributed by atoms with Crippen LogP contribution in [0.1, 0.15) is 27.2 Å². The van der Waals surface area contributed by atoms with Crippen molar-refractivity contribution in [1.29, 1.82) is 0 Å². The zero-order valence-electron chi connectivity index (χ0n) is 21.3. The molecule has 0 fully saturated rings. The molecule has 3 N–H and O–H groups in total. The zero-order chi connectivity index (χ0) is 26.3. The SMILES string of the molecule is CC(C)(C)CC(=O)Nc1cncc(-c2cnc3n[nH]c(-c4cc5c(-c6ccncc6)cncc5[nH]4)c3c2)c1. The summed E-state index contributed by atoms with van der Waals surface area (Å²) < 4.78 is 0. The largest absolute Gasteiger partial charge is 0.352 e. The molecule has 9 heteroatoms. The van der Waals surface area contributed by atoms with Crippen LogP contribution in [0, 0.1) is 5.41 Å².